The Labute approximate surface area is 367 Å². The van der Waals surface area contributed by atoms with Crippen LogP contribution in [0.1, 0.15) is 10.9 Å². The molecule has 3 aromatic heterocycles. The maximum Gasteiger partial charge on any atom is 0.238 e. The second-order valence-corrected chi connectivity index (χ2v) is 17.2. The summed E-state index contributed by atoms with van der Waals surface area (Å²) in [5, 5.41) is 10.9. The molecule has 13 rings (SSSR count). The van der Waals surface area contributed by atoms with Crippen molar-refractivity contribution in [1.29, 1.82) is 0 Å². The maximum absolute atomic E-state index is 5.38. The standard InChI is InChI=1S/C56H36N6S/c1-2-14-37(15-3-1)53-58-54(38-28-25-36(26-29-38)40-30-27-35-13-4-5-16-39(35)33-40)60-56(59-53)62-49-23-10-7-20-44(49)46-32-31-45-43-19-6-9-22-48(43)61(51(45)52(46)62)42-18-12-17-41(34-42)55-57-47-21-8-11-24-50(47)63-55/h1-34,55,57H. The highest BCUT2D eigenvalue weighted by atomic mass is 32.2. The zero-order valence-corrected chi connectivity index (χ0v) is 34.7. The smallest absolute Gasteiger partial charge is 0.238 e. The minimum atomic E-state index is 0.101. The van der Waals surface area contributed by atoms with E-state index in [2.05, 4.69) is 203 Å². The molecule has 0 fully saturated rings. The monoisotopic (exact) mass is 824 g/mol. The number of fused-ring (bicyclic) bond motifs is 9. The van der Waals surface area contributed by atoms with E-state index >= 15 is 0 Å². The van der Waals surface area contributed by atoms with Gasteiger partial charge in [-0.3, -0.25) is 4.57 Å². The van der Waals surface area contributed by atoms with Crippen molar-refractivity contribution in [2.75, 3.05) is 5.32 Å². The molecule has 0 bridgehead atoms. The van der Waals surface area contributed by atoms with Crippen molar-refractivity contribution < 1.29 is 0 Å². The third-order valence-electron chi connectivity index (χ3n) is 12.4. The molecular formula is C56H36N6S. The van der Waals surface area contributed by atoms with Crippen LogP contribution < -0.4 is 5.32 Å². The lowest BCUT2D eigenvalue weighted by atomic mass is 10.0. The average molecular weight is 825 g/mol. The van der Waals surface area contributed by atoms with Gasteiger partial charge in [0.15, 0.2) is 11.6 Å². The normalized spacial score (nSPS) is 13.6. The number of rotatable bonds is 6. The van der Waals surface area contributed by atoms with Gasteiger partial charge in [0.05, 0.1) is 22.1 Å². The van der Waals surface area contributed by atoms with E-state index < -0.39 is 0 Å². The second-order valence-electron chi connectivity index (χ2n) is 16.1. The number of aromatic nitrogens is 5. The Bertz CT molecular complexity index is 3730. The number of benzene rings is 9. The topological polar surface area (TPSA) is 60.6 Å². The Morgan fingerprint density at radius 3 is 1.78 bits per heavy atom. The van der Waals surface area contributed by atoms with Crippen molar-refractivity contribution in [3.63, 3.8) is 0 Å². The first-order valence-electron chi connectivity index (χ1n) is 21.2. The lowest BCUT2D eigenvalue weighted by Crippen LogP contribution is -2.07. The van der Waals surface area contributed by atoms with Gasteiger partial charge in [0.2, 0.25) is 5.95 Å². The Morgan fingerprint density at radius 2 is 1.02 bits per heavy atom. The summed E-state index contributed by atoms with van der Waals surface area (Å²) in [4.78, 5) is 17.2. The van der Waals surface area contributed by atoms with Crippen molar-refractivity contribution in [2.45, 2.75) is 10.3 Å². The predicted molar refractivity (Wildman–Crippen MR) is 261 cm³/mol. The minimum absolute atomic E-state index is 0.101. The van der Waals surface area contributed by atoms with E-state index in [1.165, 1.54) is 37.9 Å². The van der Waals surface area contributed by atoms with Crippen LogP contribution in [0, 0.1) is 0 Å². The van der Waals surface area contributed by atoms with Crippen LogP contribution in [0.5, 0.6) is 0 Å². The summed E-state index contributed by atoms with van der Waals surface area (Å²) in [6.45, 7) is 0. The summed E-state index contributed by atoms with van der Waals surface area (Å²) in [7, 11) is 0. The number of anilines is 1. The molecule has 7 heteroatoms. The molecule has 1 unspecified atom stereocenters. The highest BCUT2D eigenvalue weighted by molar-refractivity contribution is 8.00. The molecule has 0 radical (unpaired) electrons. The fraction of sp³-hybridized carbons (Fsp3) is 0.0179. The van der Waals surface area contributed by atoms with Gasteiger partial charge in [0, 0.05) is 48.9 Å². The summed E-state index contributed by atoms with van der Waals surface area (Å²) in [5.74, 6) is 1.78. The summed E-state index contributed by atoms with van der Waals surface area (Å²) in [5.41, 5.74) is 11.9. The number of nitrogens with one attached hydrogen (secondary N) is 1. The zero-order chi connectivity index (χ0) is 41.4. The van der Waals surface area contributed by atoms with E-state index in [1.54, 1.807) is 0 Å². The molecule has 9 aromatic carbocycles. The number of nitrogens with zero attached hydrogens (tertiary/aromatic N) is 5. The van der Waals surface area contributed by atoms with Gasteiger partial charge in [-0.15, -0.1) is 0 Å². The van der Waals surface area contributed by atoms with Gasteiger partial charge in [0.25, 0.3) is 0 Å². The molecule has 4 heterocycles. The van der Waals surface area contributed by atoms with Gasteiger partial charge in [-0.25, -0.2) is 4.98 Å². The quantitative estimate of drug-likeness (QED) is 0.181. The Hall–Kier alpha value is -8.00. The van der Waals surface area contributed by atoms with Gasteiger partial charge in [-0.2, -0.15) is 9.97 Å². The van der Waals surface area contributed by atoms with E-state index in [1.807, 2.05) is 30.0 Å². The molecule has 6 nitrogen and oxygen atoms in total. The van der Waals surface area contributed by atoms with Crippen molar-refractivity contribution in [2.24, 2.45) is 0 Å². The van der Waals surface area contributed by atoms with Crippen molar-refractivity contribution in [1.82, 2.24) is 24.1 Å². The molecule has 12 aromatic rings. The van der Waals surface area contributed by atoms with E-state index in [0.29, 0.717) is 17.6 Å². The number of para-hydroxylation sites is 3. The van der Waals surface area contributed by atoms with E-state index in [4.69, 9.17) is 15.0 Å². The van der Waals surface area contributed by atoms with Crippen LogP contribution in [0.3, 0.4) is 0 Å². The van der Waals surface area contributed by atoms with E-state index in [9.17, 15) is 0 Å². The van der Waals surface area contributed by atoms with Crippen LogP contribution in [0.2, 0.25) is 0 Å². The van der Waals surface area contributed by atoms with Crippen LogP contribution in [-0.2, 0) is 0 Å². The molecule has 1 N–H and O–H groups in total. The fourth-order valence-electron chi connectivity index (χ4n) is 9.43. The second kappa shape index (κ2) is 14.3. The van der Waals surface area contributed by atoms with Crippen LogP contribution >= 0.6 is 11.8 Å². The molecule has 0 amide bonds. The molecule has 296 valence electrons. The number of thioether (sulfide) groups is 1. The first-order valence-corrected chi connectivity index (χ1v) is 22.1. The third kappa shape index (κ3) is 5.85. The lowest BCUT2D eigenvalue weighted by molar-refractivity contribution is 0.953. The van der Waals surface area contributed by atoms with E-state index in [0.717, 1.165) is 60.6 Å². The fourth-order valence-corrected chi connectivity index (χ4v) is 10.6. The predicted octanol–water partition coefficient (Wildman–Crippen LogP) is 14.4. The van der Waals surface area contributed by atoms with Crippen molar-refractivity contribution >= 4 is 71.8 Å². The third-order valence-corrected chi connectivity index (χ3v) is 13.6. The van der Waals surface area contributed by atoms with Gasteiger partial charge < -0.3 is 9.88 Å². The Balaban J connectivity index is 1.04. The van der Waals surface area contributed by atoms with Crippen LogP contribution in [-0.4, -0.2) is 24.1 Å². The Kier molecular flexibility index (Phi) is 8.11. The number of hydrogen-bond acceptors (Lipinski definition) is 5. The highest BCUT2D eigenvalue weighted by Gasteiger charge is 2.26. The van der Waals surface area contributed by atoms with Gasteiger partial charge in [-0.05, 0) is 69.9 Å². The first kappa shape index (κ1) is 35.7. The first-order chi connectivity index (χ1) is 31.2. The van der Waals surface area contributed by atoms with Gasteiger partial charge in [-0.1, -0.05) is 176 Å². The van der Waals surface area contributed by atoms with Crippen LogP contribution in [0.15, 0.2) is 211 Å². The van der Waals surface area contributed by atoms with E-state index in [-0.39, 0.29) is 5.37 Å². The summed E-state index contributed by atoms with van der Waals surface area (Å²) < 4.78 is 4.70. The summed E-state index contributed by atoms with van der Waals surface area (Å²) >= 11 is 1.86. The highest BCUT2D eigenvalue weighted by Crippen LogP contribution is 2.47. The lowest BCUT2D eigenvalue weighted by Gasteiger charge is -2.16. The summed E-state index contributed by atoms with van der Waals surface area (Å²) in [6, 6.07) is 73.3. The number of hydrogen-bond donors (Lipinski definition) is 1. The molecule has 0 saturated heterocycles. The summed E-state index contributed by atoms with van der Waals surface area (Å²) in [6.07, 6.45) is 0. The molecule has 0 spiro atoms. The molecule has 1 aliphatic heterocycles. The van der Waals surface area contributed by atoms with Crippen molar-refractivity contribution in [3.05, 3.63) is 212 Å². The van der Waals surface area contributed by atoms with Gasteiger partial charge >= 0.3 is 0 Å². The molecular weight excluding hydrogens is 789 g/mol. The zero-order valence-electron chi connectivity index (χ0n) is 33.9. The Morgan fingerprint density at radius 1 is 0.413 bits per heavy atom. The maximum atomic E-state index is 5.38. The largest absolute Gasteiger partial charge is 0.368 e. The molecule has 1 aliphatic rings. The van der Waals surface area contributed by atoms with Crippen LogP contribution in [0.4, 0.5) is 5.69 Å². The SMILES string of the molecule is c1ccc(-c2nc(-c3ccc(-c4ccc5ccccc5c4)cc3)nc(-n3c4ccccc4c4ccc5c6ccccc6n(-c6cccc(C7Nc8ccccc8S7)c6)c5c43)n2)cc1. The van der Waals surface area contributed by atoms with Gasteiger partial charge in [0.1, 0.15) is 5.37 Å². The minimum Gasteiger partial charge on any atom is -0.368 e. The average Bonchev–Trinajstić information content (AvgIpc) is 4.05. The molecule has 0 saturated carbocycles. The van der Waals surface area contributed by atoms with Crippen LogP contribution in [0.25, 0.3) is 99.9 Å². The molecule has 1 atom stereocenters. The molecule has 0 aliphatic carbocycles. The molecule has 63 heavy (non-hydrogen) atoms. The van der Waals surface area contributed by atoms with Crippen molar-refractivity contribution in [3.8, 4) is 45.5 Å².